The van der Waals surface area contributed by atoms with Gasteiger partial charge in [0, 0.05) is 5.56 Å². The summed E-state index contributed by atoms with van der Waals surface area (Å²) in [5.41, 5.74) is 7.17. The minimum absolute atomic E-state index is 0.234. The Labute approximate surface area is 121 Å². The van der Waals surface area contributed by atoms with Crippen molar-refractivity contribution in [2.75, 3.05) is 0 Å². The maximum atomic E-state index is 12.1. The lowest BCUT2D eigenvalue weighted by molar-refractivity contribution is -0.169. The molecule has 2 saturated heterocycles. The zero-order valence-corrected chi connectivity index (χ0v) is 11.6. The normalized spacial score (nSPS) is 25.1. The van der Waals surface area contributed by atoms with E-state index >= 15 is 0 Å². The number of imide groups is 1. The Morgan fingerprint density at radius 2 is 1.75 bits per heavy atom. The number of nitrogens with two attached hydrogens (primary N) is 1. The third-order valence-corrected chi connectivity index (χ3v) is 3.92. The Bertz CT molecular complexity index is 563. The average Bonchev–Trinajstić information content (AvgIpc) is 2.89. The second kappa shape index (κ2) is 4.96. The van der Waals surface area contributed by atoms with E-state index in [9.17, 15) is 9.59 Å². The minimum atomic E-state index is -0.450. The largest absolute Gasteiger partial charge is 0.389 e. The van der Waals surface area contributed by atoms with E-state index in [1.807, 2.05) is 12.1 Å². The van der Waals surface area contributed by atoms with Crippen LogP contribution < -0.4 is 5.73 Å². The van der Waals surface area contributed by atoms with E-state index in [4.69, 9.17) is 22.7 Å². The fourth-order valence-corrected chi connectivity index (χ4v) is 2.71. The zero-order chi connectivity index (χ0) is 14.3. The van der Waals surface area contributed by atoms with E-state index < -0.39 is 12.2 Å². The van der Waals surface area contributed by atoms with Gasteiger partial charge in [0.15, 0.2) is 0 Å². The van der Waals surface area contributed by atoms with Crippen LogP contribution in [0.3, 0.4) is 0 Å². The van der Waals surface area contributed by atoms with Gasteiger partial charge in [-0.3, -0.25) is 14.5 Å². The zero-order valence-electron chi connectivity index (χ0n) is 10.7. The van der Waals surface area contributed by atoms with Crippen LogP contribution in [0, 0.1) is 0 Å². The fourth-order valence-electron chi connectivity index (χ4n) is 2.57. The van der Waals surface area contributed by atoms with Gasteiger partial charge in [-0.15, -0.1) is 0 Å². The van der Waals surface area contributed by atoms with Crippen molar-refractivity contribution in [2.45, 2.75) is 31.6 Å². The second-order valence-electron chi connectivity index (χ2n) is 5.01. The highest BCUT2D eigenvalue weighted by atomic mass is 32.1. The molecule has 2 aliphatic heterocycles. The van der Waals surface area contributed by atoms with Crippen LogP contribution in [0.15, 0.2) is 24.3 Å². The van der Waals surface area contributed by atoms with Crippen LogP contribution in [-0.4, -0.2) is 33.9 Å². The molecule has 2 unspecified atom stereocenters. The smallest absolute Gasteiger partial charge is 0.258 e. The monoisotopic (exact) mass is 290 g/mol. The fraction of sp³-hybridized carbons (Fsp3) is 0.357. The number of fused-ring (bicyclic) bond motifs is 2. The average molecular weight is 290 g/mol. The molecule has 2 amide bonds. The molecule has 2 heterocycles. The number of thiocarbonyl (C=S) groups is 1. The van der Waals surface area contributed by atoms with Crippen LogP contribution in [0.2, 0.25) is 0 Å². The predicted molar refractivity (Wildman–Crippen MR) is 75.8 cm³/mol. The van der Waals surface area contributed by atoms with E-state index in [-0.39, 0.29) is 18.4 Å². The van der Waals surface area contributed by atoms with Gasteiger partial charge in [0.25, 0.3) is 11.8 Å². The number of carbonyl (C=O) groups excluding carboxylic acids is 2. The number of amides is 2. The summed E-state index contributed by atoms with van der Waals surface area (Å²) in [6.45, 7) is 0.269. The molecule has 0 aromatic heterocycles. The summed E-state index contributed by atoms with van der Waals surface area (Å²) in [5.74, 6) is -0.468. The molecule has 0 radical (unpaired) electrons. The van der Waals surface area contributed by atoms with Crippen LogP contribution in [0.5, 0.6) is 0 Å². The molecule has 6 heteroatoms. The number of rotatable bonds is 3. The Morgan fingerprint density at radius 3 is 2.25 bits per heavy atom. The van der Waals surface area contributed by atoms with E-state index in [0.29, 0.717) is 17.8 Å². The number of likely N-dealkylation sites (tertiary alicyclic amines) is 1. The number of carbonyl (C=O) groups is 2. The summed E-state index contributed by atoms with van der Waals surface area (Å²) in [7, 11) is 0. The summed E-state index contributed by atoms with van der Waals surface area (Å²) in [4.78, 5) is 25.8. The quantitative estimate of drug-likeness (QED) is 0.656. The molecule has 20 heavy (non-hydrogen) atoms. The Kier molecular flexibility index (Phi) is 3.27. The van der Waals surface area contributed by atoms with Crippen molar-refractivity contribution in [2.24, 2.45) is 5.73 Å². The van der Waals surface area contributed by atoms with E-state index in [1.54, 1.807) is 12.1 Å². The SMILES string of the molecule is NC(=S)c1ccc(CN2C(=O)C3CCC(O3)C2=O)cc1. The van der Waals surface area contributed by atoms with Crippen molar-refractivity contribution in [1.29, 1.82) is 0 Å². The van der Waals surface area contributed by atoms with Gasteiger partial charge in [-0.2, -0.15) is 0 Å². The van der Waals surface area contributed by atoms with Gasteiger partial charge >= 0.3 is 0 Å². The first-order valence-electron chi connectivity index (χ1n) is 6.45. The van der Waals surface area contributed by atoms with Crippen molar-refractivity contribution in [3.8, 4) is 0 Å². The van der Waals surface area contributed by atoms with Gasteiger partial charge < -0.3 is 10.5 Å². The topological polar surface area (TPSA) is 72.6 Å². The summed E-state index contributed by atoms with van der Waals surface area (Å²) >= 11 is 4.89. The van der Waals surface area contributed by atoms with Crippen LogP contribution in [0.25, 0.3) is 0 Å². The molecule has 2 N–H and O–H groups in total. The molecule has 2 atom stereocenters. The number of hydrogen-bond acceptors (Lipinski definition) is 4. The lowest BCUT2D eigenvalue weighted by Gasteiger charge is -2.29. The lowest BCUT2D eigenvalue weighted by Crippen LogP contribution is -2.51. The highest BCUT2D eigenvalue weighted by molar-refractivity contribution is 7.80. The Morgan fingerprint density at radius 1 is 1.20 bits per heavy atom. The van der Waals surface area contributed by atoms with Crippen molar-refractivity contribution < 1.29 is 14.3 Å². The molecule has 0 saturated carbocycles. The van der Waals surface area contributed by atoms with Crippen LogP contribution in [0.4, 0.5) is 0 Å². The summed E-state index contributed by atoms with van der Waals surface area (Å²) < 4.78 is 5.37. The van der Waals surface area contributed by atoms with Gasteiger partial charge in [0.1, 0.15) is 17.2 Å². The first kappa shape index (κ1) is 13.2. The first-order chi connectivity index (χ1) is 9.56. The molecule has 0 aliphatic carbocycles. The van der Waals surface area contributed by atoms with Gasteiger partial charge in [-0.05, 0) is 18.4 Å². The van der Waals surface area contributed by atoms with Crippen molar-refractivity contribution in [1.82, 2.24) is 4.90 Å². The Balaban J connectivity index is 1.78. The maximum Gasteiger partial charge on any atom is 0.258 e. The molecule has 2 fully saturated rings. The van der Waals surface area contributed by atoms with E-state index in [0.717, 1.165) is 11.1 Å². The maximum absolute atomic E-state index is 12.1. The molecule has 1 aromatic carbocycles. The molecule has 2 bridgehead atoms. The molecule has 3 rings (SSSR count). The molecule has 1 aromatic rings. The van der Waals surface area contributed by atoms with Gasteiger partial charge in [-0.1, -0.05) is 36.5 Å². The second-order valence-corrected chi connectivity index (χ2v) is 5.45. The van der Waals surface area contributed by atoms with Crippen molar-refractivity contribution >= 4 is 29.0 Å². The first-order valence-corrected chi connectivity index (χ1v) is 6.86. The lowest BCUT2D eigenvalue weighted by atomic mass is 10.1. The summed E-state index contributed by atoms with van der Waals surface area (Å²) in [6, 6.07) is 7.24. The van der Waals surface area contributed by atoms with E-state index in [2.05, 4.69) is 0 Å². The van der Waals surface area contributed by atoms with Crippen LogP contribution in [0.1, 0.15) is 24.0 Å². The van der Waals surface area contributed by atoms with Gasteiger partial charge in [-0.25, -0.2) is 0 Å². The molecule has 2 aliphatic rings. The molecular formula is C14H14N2O3S. The van der Waals surface area contributed by atoms with Crippen LogP contribution in [-0.2, 0) is 20.9 Å². The number of nitrogens with zero attached hydrogens (tertiary/aromatic N) is 1. The third-order valence-electron chi connectivity index (χ3n) is 3.68. The standard InChI is InChI=1S/C14H14N2O3S/c15-12(20)9-3-1-8(2-4-9)7-16-13(17)10-5-6-11(19-10)14(16)18/h1-4,10-11H,5-7H2,(H2,15,20). The van der Waals surface area contributed by atoms with Crippen molar-refractivity contribution in [3.05, 3.63) is 35.4 Å². The number of morpholine rings is 1. The van der Waals surface area contributed by atoms with Gasteiger partial charge in [0.2, 0.25) is 0 Å². The van der Waals surface area contributed by atoms with E-state index in [1.165, 1.54) is 4.90 Å². The number of ether oxygens (including phenoxy) is 1. The minimum Gasteiger partial charge on any atom is -0.389 e. The molecule has 0 spiro atoms. The van der Waals surface area contributed by atoms with Gasteiger partial charge in [0.05, 0.1) is 6.54 Å². The third kappa shape index (κ3) is 2.21. The molecule has 104 valence electrons. The summed E-state index contributed by atoms with van der Waals surface area (Å²) in [5, 5.41) is 0. The Hall–Kier alpha value is -1.79. The van der Waals surface area contributed by atoms with Crippen molar-refractivity contribution in [3.63, 3.8) is 0 Å². The van der Waals surface area contributed by atoms with Crippen LogP contribution >= 0.6 is 12.2 Å². The molecule has 5 nitrogen and oxygen atoms in total. The summed E-state index contributed by atoms with van der Waals surface area (Å²) in [6.07, 6.45) is 0.361. The highest BCUT2D eigenvalue weighted by Gasteiger charge is 2.46. The number of benzene rings is 1. The highest BCUT2D eigenvalue weighted by Crippen LogP contribution is 2.29. The number of hydrogen-bond donors (Lipinski definition) is 1. The molecular weight excluding hydrogens is 276 g/mol. The predicted octanol–water partition coefficient (Wildman–Crippen LogP) is 0.737.